The predicted molar refractivity (Wildman–Crippen MR) is 82.2 cm³/mol. The topological polar surface area (TPSA) is 58.2 Å². The minimum Gasteiger partial charge on any atom is -0.310 e. The van der Waals surface area contributed by atoms with Crippen LogP contribution in [-0.4, -0.2) is 27.3 Å². The van der Waals surface area contributed by atoms with Crippen LogP contribution in [0.15, 0.2) is 18.2 Å². The van der Waals surface area contributed by atoms with Crippen LogP contribution in [0.4, 0.5) is 4.39 Å². The van der Waals surface area contributed by atoms with Crippen molar-refractivity contribution in [2.24, 2.45) is 0 Å². The second kappa shape index (κ2) is 7.33. The third-order valence-corrected chi connectivity index (χ3v) is 5.27. The molecule has 118 valence electrons. The quantitative estimate of drug-likeness (QED) is 0.758. The summed E-state index contributed by atoms with van der Waals surface area (Å²) in [7, 11) is -3.10. The van der Waals surface area contributed by atoms with Crippen molar-refractivity contribution in [3.63, 3.8) is 0 Å². The smallest absolute Gasteiger partial charge is 0.211 e. The Morgan fingerprint density at radius 3 is 2.90 bits per heavy atom. The maximum Gasteiger partial charge on any atom is 0.211 e. The van der Waals surface area contributed by atoms with Gasteiger partial charge in [0.2, 0.25) is 10.0 Å². The van der Waals surface area contributed by atoms with E-state index >= 15 is 0 Å². The van der Waals surface area contributed by atoms with Crippen LogP contribution >= 0.6 is 0 Å². The standard InChI is InChI=1S/C15H23FN2O2S/c1-2-21(19,20)18-10-4-9-17-15-6-3-5-12-11-13(16)7-8-14(12)15/h7-8,11,15,17-18H,2-6,9-10H2,1H3. The molecule has 0 aromatic heterocycles. The SMILES string of the molecule is CCS(=O)(=O)NCCCNC1CCCc2cc(F)ccc21. The van der Waals surface area contributed by atoms with Crippen LogP contribution < -0.4 is 10.0 Å². The summed E-state index contributed by atoms with van der Waals surface area (Å²) >= 11 is 0. The average Bonchev–Trinajstić information content (AvgIpc) is 2.46. The molecule has 2 rings (SSSR count). The maximum absolute atomic E-state index is 13.2. The monoisotopic (exact) mass is 314 g/mol. The van der Waals surface area contributed by atoms with Crippen LogP contribution in [-0.2, 0) is 16.4 Å². The van der Waals surface area contributed by atoms with Gasteiger partial charge in [0.05, 0.1) is 5.75 Å². The van der Waals surface area contributed by atoms with Gasteiger partial charge in [-0.15, -0.1) is 0 Å². The van der Waals surface area contributed by atoms with E-state index in [0.29, 0.717) is 6.54 Å². The highest BCUT2D eigenvalue weighted by molar-refractivity contribution is 7.89. The Labute approximate surface area is 126 Å². The lowest BCUT2D eigenvalue weighted by Gasteiger charge is -2.26. The first-order valence-corrected chi connectivity index (χ1v) is 9.16. The third-order valence-electron chi connectivity index (χ3n) is 3.87. The van der Waals surface area contributed by atoms with Crippen molar-refractivity contribution < 1.29 is 12.8 Å². The number of hydrogen-bond acceptors (Lipinski definition) is 3. The molecular formula is C15H23FN2O2S. The molecule has 0 bridgehead atoms. The van der Waals surface area contributed by atoms with E-state index in [0.717, 1.165) is 37.8 Å². The summed E-state index contributed by atoms with van der Waals surface area (Å²) in [5.41, 5.74) is 2.27. The lowest BCUT2D eigenvalue weighted by molar-refractivity contribution is 0.453. The molecule has 0 saturated carbocycles. The average molecular weight is 314 g/mol. The molecule has 0 spiro atoms. The molecule has 1 aromatic carbocycles. The maximum atomic E-state index is 13.2. The summed E-state index contributed by atoms with van der Waals surface area (Å²) in [6, 6.07) is 5.24. The highest BCUT2D eigenvalue weighted by Gasteiger charge is 2.19. The highest BCUT2D eigenvalue weighted by Crippen LogP contribution is 2.29. The number of nitrogens with one attached hydrogen (secondary N) is 2. The molecule has 1 aliphatic rings. The molecule has 2 N–H and O–H groups in total. The number of benzene rings is 1. The Kier molecular flexibility index (Phi) is 5.72. The molecule has 0 aliphatic heterocycles. The van der Waals surface area contributed by atoms with E-state index in [-0.39, 0.29) is 17.6 Å². The number of aryl methyl sites for hydroxylation is 1. The van der Waals surface area contributed by atoms with Crippen LogP contribution in [0.1, 0.15) is 43.4 Å². The van der Waals surface area contributed by atoms with E-state index in [1.807, 2.05) is 6.07 Å². The molecule has 21 heavy (non-hydrogen) atoms. The van der Waals surface area contributed by atoms with Crippen molar-refractivity contribution in [1.29, 1.82) is 0 Å². The van der Waals surface area contributed by atoms with Crippen molar-refractivity contribution >= 4 is 10.0 Å². The molecule has 0 fully saturated rings. The summed E-state index contributed by atoms with van der Waals surface area (Å²) in [6.07, 6.45) is 3.77. The van der Waals surface area contributed by atoms with E-state index in [4.69, 9.17) is 0 Å². The highest BCUT2D eigenvalue weighted by atomic mass is 32.2. The van der Waals surface area contributed by atoms with Gasteiger partial charge in [0, 0.05) is 12.6 Å². The van der Waals surface area contributed by atoms with E-state index in [1.54, 1.807) is 13.0 Å². The molecule has 0 heterocycles. The largest absolute Gasteiger partial charge is 0.310 e. The number of halogens is 1. The Hall–Kier alpha value is -0.980. The van der Waals surface area contributed by atoms with Crippen LogP contribution in [0, 0.1) is 5.82 Å². The first kappa shape index (κ1) is 16.4. The van der Waals surface area contributed by atoms with Gasteiger partial charge in [-0.05, 0) is 62.4 Å². The molecule has 0 amide bonds. The lowest BCUT2D eigenvalue weighted by atomic mass is 9.87. The summed E-state index contributed by atoms with van der Waals surface area (Å²) in [5, 5.41) is 3.44. The Morgan fingerprint density at radius 1 is 1.33 bits per heavy atom. The lowest BCUT2D eigenvalue weighted by Crippen LogP contribution is -2.31. The second-order valence-corrected chi connectivity index (χ2v) is 7.49. The first-order valence-electron chi connectivity index (χ1n) is 7.51. The van der Waals surface area contributed by atoms with Gasteiger partial charge < -0.3 is 5.32 Å². The molecule has 6 heteroatoms. The van der Waals surface area contributed by atoms with Crippen molar-refractivity contribution in [1.82, 2.24) is 10.0 Å². The van der Waals surface area contributed by atoms with E-state index in [1.165, 1.54) is 11.6 Å². The molecule has 1 atom stereocenters. The summed E-state index contributed by atoms with van der Waals surface area (Å²) < 4.78 is 38.4. The Bertz CT molecular complexity index is 575. The van der Waals surface area contributed by atoms with Gasteiger partial charge in [0.15, 0.2) is 0 Å². The third kappa shape index (κ3) is 4.76. The zero-order valence-electron chi connectivity index (χ0n) is 12.4. The normalized spacial score (nSPS) is 18.5. The number of fused-ring (bicyclic) bond motifs is 1. The van der Waals surface area contributed by atoms with Crippen molar-refractivity contribution in [2.75, 3.05) is 18.8 Å². The summed E-state index contributed by atoms with van der Waals surface area (Å²) in [4.78, 5) is 0. The Balaban J connectivity index is 1.80. The second-order valence-electron chi connectivity index (χ2n) is 5.39. The van der Waals surface area contributed by atoms with Gasteiger partial charge in [0.1, 0.15) is 5.82 Å². The van der Waals surface area contributed by atoms with E-state index in [9.17, 15) is 12.8 Å². The van der Waals surface area contributed by atoms with Crippen LogP contribution in [0.3, 0.4) is 0 Å². The van der Waals surface area contributed by atoms with Crippen LogP contribution in [0.25, 0.3) is 0 Å². The fourth-order valence-corrected chi connectivity index (χ4v) is 3.35. The molecule has 1 aliphatic carbocycles. The van der Waals surface area contributed by atoms with Crippen molar-refractivity contribution in [3.8, 4) is 0 Å². The number of hydrogen-bond donors (Lipinski definition) is 2. The predicted octanol–water partition coefficient (Wildman–Crippen LogP) is 2.12. The Morgan fingerprint density at radius 2 is 2.14 bits per heavy atom. The van der Waals surface area contributed by atoms with Gasteiger partial charge in [0.25, 0.3) is 0 Å². The number of sulfonamides is 1. The van der Waals surface area contributed by atoms with Crippen molar-refractivity contribution in [2.45, 2.75) is 38.6 Å². The molecule has 1 unspecified atom stereocenters. The zero-order valence-corrected chi connectivity index (χ0v) is 13.2. The first-order chi connectivity index (χ1) is 10.0. The zero-order chi connectivity index (χ0) is 15.3. The van der Waals surface area contributed by atoms with Crippen LogP contribution in [0.2, 0.25) is 0 Å². The molecule has 1 aromatic rings. The molecule has 4 nitrogen and oxygen atoms in total. The van der Waals surface area contributed by atoms with E-state index < -0.39 is 10.0 Å². The summed E-state index contributed by atoms with van der Waals surface area (Å²) in [5.74, 6) is -0.0643. The number of rotatable bonds is 7. The minimum absolute atomic E-state index is 0.113. The molecular weight excluding hydrogens is 291 g/mol. The van der Waals surface area contributed by atoms with Gasteiger partial charge in [-0.1, -0.05) is 6.07 Å². The van der Waals surface area contributed by atoms with Crippen molar-refractivity contribution in [3.05, 3.63) is 35.1 Å². The fourth-order valence-electron chi connectivity index (χ4n) is 2.69. The van der Waals surface area contributed by atoms with Gasteiger partial charge in [-0.25, -0.2) is 17.5 Å². The van der Waals surface area contributed by atoms with Crippen LogP contribution in [0.5, 0.6) is 0 Å². The molecule has 0 radical (unpaired) electrons. The van der Waals surface area contributed by atoms with Gasteiger partial charge in [-0.2, -0.15) is 0 Å². The molecule has 0 saturated heterocycles. The van der Waals surface area contributed by atoms with E-state index in [2.05, 4.69) is 10.0 Å². The summed E-state index contributed by atoms with van der Waals surface area (Å²) in [6.45, 7) is 2.82. The van der Waals surface area contributed by atoms with Gasteiger partial charge in [-0.3, -0.25) is 0 Å². The minimum atomic E-state index is -3.10. The van der Waals surface area contributed by atoms with Gasteiger partial charge >= 0.3 is 0 Å². The fraction of sp³-hybridized carbons (Fsp3) is 0.600.